The fraction of sp³-hybridized carbons (Fsp3) is 0.154. The van der Waals surface area contributed by atoms with Crippen LogP contribution in [0.3, 0.4) is 0 Å². The summed E-state index contributed by atoms with van der Waals surface area (Å²) in [7, 11) is 0. The van der Waals surface area contributed by atoms with E-state index in [0.29, 0.717) is 10.2 Å². The van der Waals surface area contributed by atoms with E-state index in [-0.39, 0.29) is 5.56 Å². The van der Waals surface area contributed by atoms with E-state index in [1.807, 2.05) is 31.4 Å². The lowest BCUT2D eigenvalue weighted by atomic mass is 10.2. The van der Waals surface area contributed by atoms with Crippen molar-refractivity contribution in [3.05, 3.63) is 50.1 Å². The Morgan fingerprint density at radius 1 is 1.32 bits per heavy atom. The molecule has 3 aromatic heterocycles. The van der Waals surface area contributed by atoms with Crippen molar-refractivity contribution in [3.63, 3.8) is 0 Å². The summed E-state index contributed by atoms with van der Waals surface area (Å²) < 4.78 is 1.90. The molecule has 0 atom stereocenters. The molecule has 0 aliphatic heterocycles. The molecule has 3 aromatic rings. The van der Waals surface area contributed by atoms with Gasteiger partial charge in [0.15, 0.2) is 4.77 Å². The monoisotopic (exact) mass is 289 g/mol. The molecule has 19 heavy (non-hydrogen) atoms. The first-order chi connectivity index (χ1) is 9.08. The number of H-pyrrole nitrogens is 1. The molecule has 1 N–H and O–H groups in total. The van der Waals surface area contributed by atoms with Gasteiger partial charge in [0, 0.05) is 5.69 Å². The number of hydrogen-bond donors (Lipinski definition) is 1. The number of thiophene rings is 1. The van der Waals surface area contributed by atoms with E-state index < -0.39 is 0 Å². The minimum Gasteiger partial charge on any atom is -0.323 e. The Morgan fingerprint density at radius 2 is 2.11 bits per heavy atom. The van der Waals surface area contributed by atoms with E-state index >= 15 is 0 Å². The maximum atomic E-state index is 12.5. The first kappa shape index (κ1) is 12.3. The van der Waals surface area contributed by atoms with Crippen LogP contribution in [-0.4, -0.2) is 14.5 Å². The maximum Gasteiger partial charge on any atom is 0.267 e. The zero-order valence-electron chi connectivity index (χ0n) is 10.4. The van der Waals surface area contributed by atoms with Crippen LogP contribution >= 0.6 is 23.6 Å². The van der Waals surface area contributed by atoms with Crippen molar-refractivity contribution in [1.29, 1.82) is 0 Å². The van der Waals surface area contributed by atoms with E-state index in [2.05, 4.69) is 9.97 Å². The SMILES string of the molecule is Cc1ccc(-n2c(=S)[nH]c3sccc3c2=O)c(C)n1. The minimum absolute atomic E-state index is 0.103. The zero-order valence-corrected chi connectivity index (χ0v) is 12.1. The number of aromatic nitrogens is 3. The molecule has 0 amide bonds. The molecule has 4 nitrogen and oxygen atoms in total. The second kappa shape index (κ2) is 4.40. The largest absolute Gasteiger partial charge is 0.323 e. The van der Waals surface area contributed by atoms with Crippen LogP contribution in [0.2, 0.25) is 0 Å². The fourth-order valence-corrected chi connectivity index (χ4v) is 3.20. The molecule has 0 aliphatic carbocycles. The standard InChI is InChI=1S/C13H11N3OS2/c1-7-3-4-10(8(2)14-7)16-12(17)9-5-6-19-11(9)15-13(16)18/h3-6H,1-2H3,(H,15,18). The van der Waals surface area contributed by atoms with Crippen LogP contribution in [0.15, 0.2) is 28.4 Å². The van der Waals surface area contributed by atoms with Crippen LogP contribution in [0.1, 0.15) is 11.4 Å². The van der Waals surface area contributed by atoms with Gasteiger partial charge in [0.05, 0.1) is 16.8 Å². The lowest BCUT2D eigenvalue weighted by Crippen LogP contribution is -2.21. The molecule has 0 spiro atoms. The van der Waals surface area contributed by atoms with Gasteiger partial charge in [-0.15, -0.1) is 11.3 Å². The van der Waals surface area contributed by atoms with Crippen LogP contribution in [0.5, 0.6) is 0 Å². The number of pyridine rings is 1. The van der Waals surface area contributed by atoms with Gasteiger partial charge in [0.1, 0.15) is 4.83 Å². The van der Waals surface area contributed by atoms with Crippen LogP contribution in [0.25, 0.3) is 15.9 Å². The van der Waals surface area contributed by atoms with E-state index in [9.17, 15) is 4.79 Å². The molecule has 0 saturated heterocycles. The van der Waals surface area contributed by atoms with Crippen LogP contribution < -0.4 is 5.56 Å². The number of hydrogen-bond acceptors (Lipinski definition) is 4. The average Bonchev–Trinajstić information content (AvgIpc) is 2.80. The highest BCUT2D eigenvalue weighted by atomic mass is 32.1. The molecule has 96 valence electrons. The molecule has 0 unspecified atom stereocenters. The molecule has 0 bridgehead atoms. The number of nitrogens with one attached hydrogen (secondary N) is 1. The Kier molecular flexibility index (Phi) is 2.83. The summed E-state index contributed by atoms with van der Waals surface area (Å²) in [6, 6.07) is 5.56. The van der Waals surface area contributed by atoms with Crippen LogP contribution in [0.4, 0.5) is 0 Å². The zero-order chi connectivity index (χ0) is 13.6. The Bertz CT molecular complexity index is 889. The summed E-state index contributed by atoms with van der Waals surface area (Å²) in [6.45, 7) is 3.80. The molecule has 0 aromatic carbocycles. The molecule has 3 rings (SSSR count). The topological polar surface area (TPSA) is 50.7 Å². The van der Waals surface area contributed by atoms with E-state index in [1.54, 1.807) is 6.07 Å². The van der Waals surface area contributed by atoms with Gasteiger partial charge in [0.2, 0.25) is 0 Å². The summed E-state index contributed by atoms with van der Waals surface area (Å²) in [6.07, 6.45) is 0. The van der Waals surface area contributed by atoms with Gasteiger partial charge in [-0.2, -0.15) is 0 Å². The summed E-state index contributed by atoms with van der Waals surface area (Å²) in [4.78, 5) is 20.8. The highest BCUT2D eigenvalue weighted by Crippen LogP contribution is 2.17. The van der Waals surface area contributed by atoms with E-state index in [0.717, 1.165) is 21.9 Å². The Labute approximate surface area is 118 Å². The first-order valence-corrected chi connectivity index (χ1v) is 7.04. The molecule has 0 fully saturated rings. The highest BCUT2D eigenvalue weighted by molar-refractivity contribution is 7.71. The highest BCUT2D eigenvalue weighted by Gasteiger charge is 2.10. The van der Waals surface area contributed by atoms with Crippen LogP contribution in [-0.2, 0) is 0 Å². The quantitative estimate of drug-likeness (QED) is 0.700. The third-order valence-electron chi connectivity index (χ3n) is 2.96. The van der Waals surface area contributed by atoms with Gasteiger partial charge in [0.25, 0.3) is 5.56 Å². The number of fused-ring (bicyclic) bond motifs is 1. The number of aromatic amines is 1. The molecular weight excluding hydrogens is 278 g/mol. The number of aryl methyl sites for hydroxylation is 2. The van der Waals surface area contributed by atoms with Crippen molar-refractivity contribution in [2.45, 2.75) is 13.8 Å². The average molecular weight is 289 g/mol. The number of rotatable bonds is 1. The lowest BCUT2D eigenvalue weighted by Gasteiger charge is -2.09. The van der Waals surface area contributed by atoms with Gasteiger partial charge < -0.3 is 4.98 Å². The molecule has 3 heterocycles. The van der Waals surface area contributed by atoms with Crippen molar-refractivity contribution < 1.29 is 0 Å². The van der Waals surface area contributed by atoms with Crippen molar-refractivity contribution in [2.24, 2.45) is 0 Å². The predicted octanol–water partition coefficient (Wildman–Crippen LogP) is 3.12. The van der Waals surface area contributed by atoms with E-state index in [4.69, 9.17) is 12.2 Å². The molecule has 0 aliphatic rings. The smallest absolute Gasteiger partial charge is 0.267 e. The minimum atomic E-state index is -0.103. The second-order valence-electron chi connectivity index (χ2n) is 4.29. The Balaban J connectivity index is 2.42. The third kappa shape index (κ3) is 1.93. The van der Waals surface area contributed by atoms with Gasteiger partial charge in [-0.1, -0.05) is 0 Å². The first-order valence-electron chi connectivity index (χ1n) is 5.75. The summed E-state index contributed by atoms with van der Waals surface area (Å²) in [5, 5.41) is 2.53. The normalized spacial score (nSPS) is 11.1. The van der Waals surface area contributed by atoms with Gasteiger partial charge in [-0.25, -0.2) is 0 Å². The molecule has 0 radical (unpaired) electrons. The van der Waals surface area contributed by atoms with Crippen molar-refractivity contribution >= 4 is 33.8 Å². The Hall–Kier alpha value is -1.79. The van der Waals surface area contributed by atoms with Crippen LogP contribution in [0, 0.1) is 18.6 Å². The van der Waals surface area contributed by atoms with Gasteiger partial charge >= 0.3 is 0 Å². The fourth-order valence-electron chi connectivity index (χ4n) is 2.07. The lowest BCUT2D eigenvalue weighted by molar-refractivity contribution is 0.913. The maximum absolute atomic E-state index is 12.5. The van der Waals surface area contributed by atoms with Crippen molar-refractivity contribution in [1.82, 2.24) is 14.5 Å². The molecular formula is C13H11N3OS2. The predicted molar refractivity (Wildman–Crippen MR) is 79.9 cm³/mol. The Morgan fingerprint density at radius 3 is 2.84 bits per heavy atom. The van der Waals surface area contributed by atoms with Gasteiger partial charge in [-0.3, -0.25) is 14.3 Å². The van der Waals surface area contributed by atoms with Crippen molar-refractivity contribution in [2.75, 3.05) is 0 Å². The molecule has 0 saturated carbocycles. The second-order valence-corrected chi connectivity index (χ2v) is 5.59. The third-order valence-corrected chi connectivity index (χ3v) is 4.07. The molecule has 6 heteroatoms. The van der Waals surface area contributed by atoms with E-state index in [1.165, 1.54) is 15.9 Å². The number of nitrogens with zero attached hydrogens (tertiary/aromatic N) is 2. The van der Waals surface area contributed by atoms with Crippen molar-refractivity contribution in [3.8, 4) is 5.69 Å². The summed E-state index contributed by atoms with van der Waals surface area (Å²) in [5.41, 5.74) is 2.33. The summed E-state index contributed by atoms with van der Waals surface area (Å²) >= 11 is 6.77. The van der Waals surface area contributed by atoms with Gasteiger partial charge in [-0.05, 0) is 49.6 Å². The summed E-state index contributed by atoms with van der Waals surface area (Å²) in [5.74, 6) is 0.